The van der Waals surface area contributed by atoms with E-state index in [-0.39, 0.29) is 5.78 Å². The van der Waals surface area contributed by atoms with Crippen LogP contribution in [0.1, 0.15) is 35.6 Å². The smallest absolute Gasteiger partial charge is 0.133 e. The van der Waals surface area contributed by atoms with Crippen molar-refractivity contribution in [2.75, 3.05) is 0 Å². The van der Waals surface area contributed by atoms with Crippen molar-refractivity contribution in [3.8, 4) is 0 Å². The molecule has 14 heavy (non-hydrogen) atoms. The molecule has 0 spiro atoms. The monoisotopic (exact) mass is 211 g/mol. The van der Waals surface area contributed by atoms with Crippen LogP contribution in [0, 0.1) is 6.92 Å². The highest BCUT2D eigenvalue weighted by Crippen LogP contribution is 2.37. The predicted octanol–water partition coefficient (Wildman–Crippen LogP) is 1.78. The van der Waals surface area contributed by atoms with Gasteiger partial charge in [-0.25, -0.2) is 4.98 Å². The van der Waals surface area contributed by atoms with Gasteiger partial charge in [-0.1, -0.05) is 0 Å². The van der Waals surface area contributed by atoms with E-state index in [2.05, 4.69) is 4.98 Å². The van der Waals surface area contributed by atoms with Crippen molar-refractivity contribution >= 4 is 17.1 Å². The number of carbonyl (C=O) groups is 1. The summed E-state index contributed by atoms with van der Waals surface area (Å²) in [6, 6.07) is 0. The summed E-state index contributed by atoms with van der Waals surface area (Å²) in [5, 5.41) is 11.0. The van der Waals surface area contributed by atoms with Gasteiger partial charge in [0.1, 0.15) is 16.4 Å². The number of hydrogen-bond donors (Lipinski definition) is 1. The first-order valence-electron chi connectivity index (χ1n) is 4.77. The molecule has 1 fully saturated rings. The summed E-state index contributed by atoms with van der Waals surface area (Å²) in [6.07, 6.45) is 3.79. The number of thiazole rings is 1. The van der Waals surface area contributed by atoms with Crippen molar-refractivity contribution < 1.29 is 9.90 Å². The van der Waals surface area contributed by atoms with Gasteiger partial charge in [0.25, 0.3) is 0 Å². The molecule has 2 rings (SSSR count). The van der Waals surface area contributed by atoms with Crippen LogP contribution in [0.25, 0.3) is 0 Å². The number of aliphatic hydroxyl groups is 1. The van der Waals surface area contributed by atoms with E-state index in [4.69, 9.17) is 0 Å². The molecule has 0 aromatic carbocycles. The fourth-order valence-corrected chi connectivity index (χ4v) is 2.64. The molecule has 4 heteroatoms. The molecule has 0 aliphatic heterocycles. The number of rotatable bonds is 1. The summed E-state index contributed by atoms with van der Waals surface area (Å²) in [7, 11) is 0. The van der Waals surface area contributed by atoms with E-state index in [0.29, 0.717) is 25.7 Å². The van der Waals surface area contributed by atoms with Gasteiger partial charge >= 0.3 is 0 Å². The van der Waals surface area contributed by atoms with Crippen molar-refractivity contribution in [2.45, 2.75) is 38.2 Å². The van der Waals surface area contributed by atoms with Crippen LogP contribution in [-0.4, -0.2) is 15.9 Å². The normalized spacial score (nSPS) is 21.1. The van der Waals surface area contributed by atoms with Gasteiger partial charge in [0.05, 0.1) is 0 Å². The third kappa shape index (κ3) is 1.72. The summed E-state index contributed by atoms with van der Waals surface area (Å²) in [5.41, 5.74) is -0.840. The van der Waals surface area contributed by atoms with Crippen LogP contribution in [0.3, 0.4) is 0 Å². The molecule has 3 nitrogen and oxygen atoms in total. The second-order valence-corrected chi connectivity index (χ2v) is 5.08. The zero-order chi connectivity index (χ0) is 10.2. The number of carbonyl (C=O) groups excluding carboxylic acids is 1. The van der Waals surface area contributed by atoms with Gasteiger partial charge < -0.3 is 5.11 Å². The molecule has 1 N–H and O–H groups in total. The molecule has 1 aromatic heterocycles. The maximum absolute atomic E-state index is 11.1. The molecular formula is C10H13NO2S. The van der Waals surface area contributed by atoms with Gasteiger partial charge in [-0.05, 0) is 19.8 Å². The lowest BCUT2D eigenvalue weighted by Crippen LogP contribution is -2.31. The van der Waals surface area contributed by atoms with E-state index >= 15 is 0 Å². The summed E-state index contributed by atoms with van der Waals surface area (Å²) in [5.74, 6) is 0.253. The number of Topliss-reactive ketones (excluding diaryl/α,β-unsaturated/α-hetero) is 1. The third-order valence-electron chi connectivity index (χ3n) is 2.65. The van der Waals surface area contributed by atoms with Crippen LogP contribution in [0.4, 0.5) is 0 Å². The Morgan fingerprint density at radius 3 is 2.64 bits per heavy atom. The molecule has 1 aromatic rings. The van der Waals surface area contributed by atoms with Crippen LogP contribution < -0.4 is 0 Å². The van der Waals surface area contributed by atoms with E-state index in [1.807, 2.05) is 6.92 Å². The van der Waals surface area contributed by atoms with Gasteiger partial charge in [0, 0.05) is 23.9 Å². The van der Waals surface area contributed by atoms with Crippen LogP contribution in [0.15, 0.2) is 6.20 Å². The predicted molar refractivity (Wildman–Crippen MR) is 54.2 cm³/mol. The number of ketones is 1. The summed E-state index contributed by atoms with van der Waals surface area (Å²) >= 11 is 1.52. The molecule has 1 aliphatic rings. The van der Waals surface area contributed by atoms with E-state index in [9.17, 15) is 9.90 Å². The Morgan fingerprint density at radius 1 is 1.50 bits per heavy atom. The Labute approximate surface area is 86.8 Å². The molecule has 0 bridgehead atoms. The average molecular weight is 211 g/mol. The number of hydrogen-bond acceptors (Lipinski definition) is 4. The molecule has 0 atom stereocenters. The van der Waals surface area contributed by atoms with Crippen LogP contribution in [-0.2, 0) is 10.4 Å². The van der Waals surface area contributed by atoms with Gasteiger partial charge in [-0.3, -0.25) is 4.79 Å². The fourth-order valence-electron chi connectivity index (χ4n) is 1.73. The molecule has 1 saturated carbocycles. The number of aromatic nitrogens is 1. The first kappa shape index (κ1) is 9.80. The van der Waals surface area contributed by atoms with Crippen molar-refractivity contribution in [1.82, 2.24) is 4.98 Å². The number of nitrogens with zero attached hydrogens (tertiary/aromatic N) is 1. The highest BCUT2D eigenvalue weighted by molar-refractivity contribution is 7.11. The minimum Gasteiger partial charge on any atom is -0.383 e. The lowest BCUT2D eigenvalue weighted by molar-refractivity contribution is -0.125. The average Bonchev–Trinajstić information content (AvgIpc) is 2.58. The van der Waals surface area contributed by atoms with Gasteiger partial charge in [0.15, 0.2) is 0 Å². The van der Waals surface area contributed by atoms with Crippen LogP contribution in [0.2, 0.25) is 0 Å². The Kier molecular flexibility index (Phi) is 2.41. The Hall–Kier alpha value is -0.740. The van der Waals surface area contributed by atoms with Gasteiger partial charge in [-0.15, -0.1) is 11.3 Å². The summed E-state index contributed by atoms with van der Waals surface area (Å²) in [6.45, 7) is 1.97. The molecule has 1 heterocycles. The van der Waals surface area contributed by atoms with E-state index in [1.165, 1.54) is 11.3 Å². The van der Waals surface area contributed by atoms with Crippen molar-refractivity contribution in [1.29, 1.82) is 0 Å². The van der Waals surface area contributed by atoms with Crippen LogP contribution >= 0.6 is 11.3 Å². The van der Waals surface area contributed by atoms with Gasteiger partial charge in [0.2, 0.25) is 0 Å². The molecule has 76 valence electrons. The molecule has 0 amide bonds. The lowest BCUT2D eigenvalue weighted by atomic mass is 9.85. The first-order valence-corrected chi connectivity index (χ1v) is 5.59. The zero-order valence-corrected chi connectivity index (χ0v) is 8.93. The topological polar surface area (TPSA) is 50.2 Å². The van der Waals surface area contributed by atoms with E-state index in [0.717, 1.165) is 9.88 Å². The van der Waals surface area contributed by atoms with Crippen molar-refractivity contribution in [3.63, 3.8) is 0 Å². The minimum absolute atomic E-state index is 0.253. The lowest BCUT2D eigenvalue weighted by Gasteiger charge is -2.29. The zero-order valence-electron chi connectivity index (χ0n) is 8.12. The van der Waals surface area contributed by atoms with Gasteiger partial charge in [-0.2, -0.15) is 0 Å². The SMILES string of the molecule is Cc1cnc(C2(O)CCC(=O)CC2)s1. The quantitative estimate of drug-likeness (QED) is 0.770. The van der Waals surface area contributed by atoms with Crippen molar-refractivity contribution in [3.05, 3.63) is 16.1 Å². The van der Waals surface area contributed by atoms with Crippen LogP contribution in [0.5, 0.6) is 0 Å². The highest BCUT2D eigenvalue weighted by atomic mass is 32.1. The second-order valence-electron chi connectivity index (χ2n) is 3.85. The summed E-state index contributed by atoms with van der Waals surface area (Å²) < 4.78 is 0. The second kappa shape index (κ2) is 3.44. The Bertz CT molecular complexity index is 349. The van der Waals surface area contributed by atoms with Crippen molar-refractivity contribution in [2.24, 2.45) is 0 Å². The minimum atomic E-state index is -0.840. The Balaban J connectivity index is 2.20. The van der Waals surface area contributed by atoms with E-state index in [1.54, 1.807) is 6.20 Å². The highest BCUT2D eigenvalue weighted by Gasteiger charge is 2.36. The fraction of sp³-hybridized carbons (Fsp3) is 0.600. The molecular weight excluding hydrogens is 198 g/mol. The Morgan fingerprint density at radius 2 is 2.14 bits per heavy atom. The maximum Gasteiger partial charge on any atom is 0.133 e. The number of aryl methyl sites for hydroxylation is 1. The largest absolute Gasteiger partial charge is 0.383 e. The maximum atomic E-state index is 11.1. The van der Waals surface area contributed by atoms with E-state index < -0.39 is 5.60 Å². The third-order valence-corrected chi connectivity index (χ3v) is 3.76. The first-order chi connectivity index (χ1) is 6.60. The molecule has 0 radical (unpaired) electrons. The molecule has 0 unspecified atom stereocenters. The summed E-state index contributed by atoms with van der Waals surface area (Å²) in [4.78, 5) is 16.4. The molecule has 0 saturated heterocycles. The molecule has 1 aliphatic carbocycles. The standard InChI is InChI=1S/C10H13NO2S/c1-7-6-11-9(14-7)10(13)4-2-8(12)3-5-10/h6,13H,2-5H2,1H3.